The minimum absolute atomic E-state index is 0.0356. The van der Waals surface area contributed by atoms with E-state index in [0.717, 1.165) is 47.5 Å². The van der Waals surface area contributed by atoms with Crippen LogP contribution in [0.3, 0.4) is 0 Å². The zero-order chi connectivity index (χ0) is 24.0. The fourth-order valence-corrected chi connectivity index (χ4v) is 3.83. The van der Waals surface area contributed by atoms with Crippen molar-refractivity contribution >= 4 is 17.4 Å². The van der Waals surface area contributed by atoms with Gasteiger partial charge in [-0.2, -0.15) is 0 Å². The maximum atomic E-state index is 12.2. The summed E-state index contributed by atoms with van der Waals surface area (Å²) >= 11 is 0. The lowest BCUT2D eigenvalue weighted by atomic mass is 10.0. The van der Waals surface area contributed by atoms with Gasteiger partial charge in [-0.25, -0.2) is 0 Å². The second kappa shape index (κ2) is 14.0. The number of hydrogen-bond acceptors (Lipinski definition) is 2. The van der Waals surface area contributed by atoms with Gasteiger partial charge >= 0.3 is 0 Å². The maximum absolute atomic E-state index is 12.2. The monoisotopic (exact) mass is 452 g/mol. The third kappa shape index (κ3) is 8.86. The summed E-state index contributed by atoms with van der Waals surface area (Å²) in [5.41, 5.74) is 5.37. The predicted molar refractivity (Wildman–Crippen MR) is 144 cm³/mol. The van der Waals surface area contributed by atoms with E-state index in [1.165, 1.54) is 37.7 Å². The summed E-state index contributed by atoms with van der Waals surface area (Å²) in [6, 6.07) is 26.1. The molecular formula is C32H36O2. The first-order chi connectivity index (χ1) is 16.6. The molecule has 0 fully saturated rings. The molecule has 0 amide bonds. The van der Waals surface area contributed by atoms with Crippen LogP contribution < -0.4 is 4.74 Å². The molecule has 3 aromatic carbocycles. The van der Waals surface area contributed by atoms with E-state index in [-0.39, 0.29) is 5.78 Å². The maximum Gasteiger partial charge on any atom is 0.185 e. The van der Waals surface area contributed by atoms with Gasteiger partial charge in [-0.1, -0.05) is 111 Å². The molecule has 0 aliphatic rings. The number of ketones is 1. The van der Waals surface area contributed by atoms with Gasteiger partial charge in [0, 0.05) is 5.56 Å². The quantitative estimate of drug-likeness (QED) is 0.139. The largest absolute Gasteiger partial charge is 0.494 e. The molecule has 3 rings (SSSR count). The second-order valence-corrected chi connectivity index (χ2v) is 8.83. The Bertz CT molecular complexity index is 1040. The highest BCUT2D eigenvalue weighted by molar-refractivity contribution is 6.06. The molecule has 0 aliphatic heterocycles. The fraction of sp³-hybridized carbons (Fsp3) is 0.281. The standard InChI is InChI=1S/C32H36O2/c1-26(2)29-20-22-31(23-21-29)34-25-11-6-4-3-5-8-12-27-15-17-28(18-16-27)19-24-32(33)30-13-9-7-10-14-30/h7,9-10,13-24H,1,3-6,8,11-12,25H2,2H3. The highest BCUT2D eigenvalue weighted by atomic mass is 16.5. The molecule has 34 heavy (non-hydrogen) atoms. The molecule has 0 aliphatic carbocycles. The van der Waals surface area contributed by atoms with Crippen LogP contribution in [0.15, 0.2) is 91.5 Å². The van der Waals surface area contributed by atoms with Gasteiger partial charge < -0.3 is 4.74 Å². The van der Waals surface area contributed by atoms with E-state index in [1.807, 2.05) is 55.5 Å². The van der Waals surface area contributed by atoms with Crippen molar-refractivity contribution in [2.45, 2.75) is 51.9 Å². The van der Waals surface area contributed by atoms with Crippen molar-refractivity contribution in [1.82, 2.24) is 0 Å². The number of ether oxygens (including phenoxy) is 1. The number of aryl methyl sites for hydroxylation is 1. The van der Waals surface area contributed by atoms with E-state index in [1.54, 1.807) is 6.08 Å². The van der Waals surface area contributed by atoms with Crippen LogP contribution in [0, 0.1) is 0 Å². The second-order valence-electron chi connectivity index (χ2n) is 8.83. The smallest absolute Gasteiger partial charge is 0.185 e. The highest BCUT2D eigenvalue weighted by Crippen LogP contribution is 2.18. The lowest BCUT2D eigenvalue weighted by Gasteiger charge is -2.07. The third-order valence-corrected chi connectivity index (χ3v) is 5.94. The molecular weight excluding hydrogens is 416 g/mol. The molecule has 0 heterocycles. The summed E-state index contributed by atoms with van der Waals surface area (Å²) < 4.78 is 5.84. The van der Waals surface area contributed by atoms with Crippen LogP contribution >= 0.6 is 0 Å². The molecule has 0 atom stereocenters. The normalized spacial score (nSPS) is 11.0. The first-order valence-electron chi connectivity index (χ1n) is 12.4. The Morgan fingerprint density at radius 2 is 1.41 bits per heavy atom. The molecule has 0 aromatic heterocycles. The van der Waals surface area contributed by atoms with Crippen LogP contribution in [0.25, 0.3) is 11.6 Å². The molecule has 2 heteroatoms. The molecule has 0 spiro atoms. The summed E-state index contributed by atoms with van der Waals surface area (Å²) in [5.74, 6) is 0.975. The molecule has 0 radical (unpaired) electrons. The van der Waals surface area contributed by atoms with Crippen molar-refractivity contribution in [1.29, 1.82) is 0 Å². The Kier molecular flexibility index (Phi) is 10.4. The van der Waals surface area contributed by atoms with E-state index in [2.05, 4.69) is 43.0 Å². The first kappa shape index (κ1) is 25.2. The van der Waals surface area contributed by atoms with Gasteiger partial charge in [0.1, 0.15) is 5.75 Å². The van der Waals surface area contributed by atoms with E-state index in [9.17, 15) is 4.79 Å². The Balaban J connectivity index is 1.24. The summed E-state index contributed by atoms with van der Waals surface area (Å²) in [4.78, 5) is 12.2. The van der Waals surface area contributed by atoms with Gasteiger partial charge in [-0.05, 0) is 61.1 Å². The zero-order valence-electron chi connectivity index (χ0n) is 20.3. The van der Waals surface area contributed by atoms with Crippen LogP contribution in [0.4, 0.5) is 0 Å². The molecule has 0 saturated carbocycles. The van der Waals surface area contributed by atoms with Crippen molar-refractivity contribution < 1.29 is 9.53 Å². The molecule has 3 aromatic rings. The van der Waals surface area contributed by atoms with Crippen molar-refractivity contribution in [2.24, 2.45) is 0 Å². The molecule has 0 saturated heterocycles. The molecule has 0 unspecified atom stereocenters. The fourth-order valence-electron chi connectivity index (χ4n) is 3.83. The third-order valence-electron chi connectivity index (χ3n) is 5.94. The lowest BCUT2D eigenvalue weighted by Crippen LogP contribution is -1.97. The molecule has 176 valence electrons. The summed E-state index contributed by atoms with van der Waals surface area (Å²) in [6.45, 7) is 6.76. The molecule has 0 bridgehead atoms. The number of carbonyl (C=O) groups excluding carboxylic acids is 1. The van der Waals surface area contributed by atoms with E-state index in [0.29, 0.717) is 0 Å². The van der Waals surface area contributed by atoms with Crippen molar-refractivity contribution in [3.8, 4) is 5.75 Å². The molecule has 2 nitrogen and oxygen atoms in total. The molecule has 0 N–H and O–H groups in total. The van der Waals surface area contributed by atoms with Crippen molar-refractivity contribution in [2.75, 3.05) is 6.61 Å². The Morgan fingerprint density at radius 1 is 0.765 bits per heavy atom. The summed E-state index contributed by atoms with van der Waals surface area (Å²) in [5, 5.41) is 0. The summed E-state index contributed by atoms with van der Waals surface area (Å²) in [7, 11) is 0. The lowest BCUT2D eigenvalue weighted by molar-refractivity contribution is 0.104. The summed E-state index contributed by atoms with van der Waals surface area (Å²) in [6.07, 6.45) is 12.0. The number of unbranched alkanes of at least 4 members (excludes halogenated alkanes) is 5. The van der Waals surface area contributed by atoms with Crippen LogP contribution in [0.1, 0.15) is 72.5 Å². The van der Waals surface area contributed by atoms with Gasteiger partial charge in [-0.3, -0.25) is 4.79 Å². The van der Waals surface area contributed by atoms with Gasteiger partial charge in [0.15, 0.2) is 5.78 Å². The van der Waals surface area contributed by atoms with Gasteiger partial charge in [0.05, 0.1) is 6.61 Å². The number of hydrogen-bond donors (Lipinski definition) is 0. The topological polar surface area (TPSA) is 26.3 Å². The number of allylic oxidation sites excluding steroid dienone is 2. The average molecular weight is 453 g/mol. The van der Waals surface area contributed by atoms with Gasteiger partial charge in [0.25, 0.3) is 0 Å². The number of rotatable bonds is 14. The van der Waals surface area contributed by atoms with Crippen molar-refractivity contribution in [3.63, 3.8) is 0 Å². The van der Waals surface area contributed by atoms with Crippen LogP contribution in [0.5, 0.6) is 5.75 Å². The number of carbonyl (C=O) groups is 1. The predicted octanol–water partition coefficient (Wildman–Crippen LogP) is 8.58. The Labute approximate surface area is 205 Å². The highest BCUT2D eigenvalue weighted by Gasteiger charge is 2.00. The number of benzene rings is 3. The van der Waals surface area contributed by atoms with E-state index < -0.39 is 0 Å². The van der Waals surface area contributed by atoms with Gasteiger partial charge in [-0.15, -0.1) is 0 Å². The minimum Gasteiger partial charge on any atom is -0.494 e. The van der Waals surface area contributed by atoms with E-state index in [4.69, 9.17) is 4.74 Å². The van der Waals surface area contributed by atoms with Crippen LogP contribution in [-0.2, 0) is 6.42 Å². The van der Waals surface area contributed by atoms with Crippen LogP contribution in [0.2, 0.25) is 0 Å². The van der Waals surface area contributed by atoms with Crippen LogP contribution in [-0.4, -0.2) is 12.4 Å². The SMILES string of the molecule is C=C(C)c1ccc(OCCCCCCCCc2ccc(C=CC(=O)c3ccccc3)cc2)cc1. The van der Waals surface area contributed by atoms with Crippen molar-refractivity contribution in [3.05, 3.63) is 114 Å². The van der Waals surface area contributed by atoms with E-state index >= 15 is 0 Å². The Morgan fingerprint density at radius 3 is 2.09 bits per heavy atom. The Hall–Kier alpha value is -3.39. The first-order valence-corrected chi connectivity index (χ1v) is 12.4. The zero-order valence-corrected chi connectivity index (χ0v) is 20.3. The average Bonchev–Trinajstić information content (AvgIpc) is 2.87. The van der Waals surface area contributed by atoms with Gasteiger partial charge in [0.2, 0.25) is 0 Å². The minimum atomic E-state index is 0.0356.